The van der Waals surface area contributed by atoms with E-state index in [-0.39, 0.29) is 6.61 Å². The van der Waals surface area contributed by atoms with Crippen LogP contribution in [0.2, 0.25) is 0 Å². The molecule has 2 aliphatic rings. The summed E-state index contributed by atoms with van der Waals surface area (Å²) < 4.78 is 31.3. The van der Waals surface area contributed by atoms with Gasteiger partial charge in [0.25, 0.3) is 0 Å². The molecule has 2 fully saturated rings. The summed E-state index contributed by atoms with van der Waals surface area (Å²) in [5.74, 6) is 0.615. The Bertz CT molecular complexity index is 1030. The van der Waals surface area contributed by atoms with Gasteiger partial charge in [-0.05, 0) is 63.1 Å². The average Bonchev–Trinajstić information content (AvgIpc) is 2.90. The second-order valence-corrected chi connectivity index (χ2v) is 9.94. The van der Waals surface area contributed by atoms with Gasteiger partial charge in [0.2, 0.25) is 5.88 Å². The zero-order valence-corrected chi connectivity index (χ0v) is 21.1. The fourth-order valence-electron chi connectivity index (χ4n) is 4.97. The van der Waals surface area contributed by atoms with Gasteiger partial charge in [-0.1, -0.05) is 0 Å². The third-order valence-electron chi connectivity index (χ3n) is 7.10. The standard InChI is InChI=1S/C27H36FN5O3/c1-19(16-34-2)32-21-3-5-22(6-4-21)33-25-14-23(24(28)15-31-25)20-7-10-30-26(13-20)36-18-27(17-29)8-11-35-12-9-27/h7,10,13-15,19,21-22,32H,3-6,8-9,11-12,16,18H2,1-2H3,(H,31,33)/t19-,21?,22?/m0/s1. The molecule has 0 radical (unpaired) electrons. The maximum Gasteiger partial charge on any atom is 0.213 e. The molecule has 3 heterocycles. The summed E-state index contributed by atoms with van der Waals surface area (Å²) >= 11 is 0. The third-order valence-corrected chi connectivity index (χ3v) is 7.10. The monoisotopic (exact) mass is 497 g/mol. The van der Waals surface area contributed by atoms with Crippen LogP contribution in [0.4, 0.5) is 10.2 Å². The summed E-state index contributed by atoms with van der Waals surface area (Å²) in [5, 5.41) is 16.8. The van der Waals surface area contributed by atoms with Crippen LogP contribution in [0.5, 0.6) is 5.88 Å². The molecule has 1 aliphatic carbocycles. The van der Waals surface area contributed by atoms with E-state index in [1.165, 1.54) is 6.20 Å². The molecule has 194 valence electrons. The van der Waals surface area contributed by atoms with Crippen molar-refractivity contribution in [1.29, 1.82) is 5.26 Å². The van der Waals surface area contributed by atoms with E-state index in [9.17, 15) is 9.65 Å². The van der Waals surface area contributed by atoms with Crippen LogP contribution in [0.3, 0.4) is 0 Å². The van der Waals surface area contributed by atoms with E-state index >= 15 is 0 Å². The Kier molecular flexibility index (Phi) is 9.08. The molecule has 2 N–H and O–H groups in total. The van der Waals surface area contributed by atoms with Gasteiger partial charge in [0, 0.05) is 56.3 Å². The average molecular weight is 498 g/mol. The lowest BCUT2D eigenvalue weighted by atomic mass is 9.83. The number of nitrogens with one attached hydrogen (secondary N) is 2. The van der Waals surface area contributed by atoms with Crippen LogP contribution >= 0.6 is 0 Å². The van der Waals surface area contributed by atoms with E-state index in [1.54, 1.807) is 31.5 Å². The van der Waals surface area contributed by atoms with Gasteiger partial charge in [-0.3, -0.25) is 0 Å². The van der Waals surface area contributed by atoms with E-state index in [4.69, 9.17) is 14.2 Å². The van der Waals surface area contributed by atoms with Gasteiger partial charge in [-0.2, -0.15) is 5.26 Å². The Morgan fingerprint density at radius 3 is 2.67 bits per heavy atom. The molecule has 36 heavy (non-hydrogen) atoms. The van der Waals surface area contributed by atoms with Crippen molar-refractivity contribution in [2.75, 3.05) is 38.9 Å². The smallest absolute Gasteiger partial charge is 0.213 e. The summed E-state index contributed by atoms with van der Waals surface area (Å²) in [6.07, 6.45) is 8.28. The molecular weight excluding hydrogens is 461 g/mol. The van der Waals surface area contributed by atoms with E-state index in [1.807, 2.05) is 0 Å². The van der Waals surface area contributed by atoms with Crippen molar-refractivity contribution in [1.82, 2.24) is 15.3 Å². The highest BCUT2D eigenvalue weighted by molar-refractivity contribution is 5.67. The Morgan fingerprint density at radius 1 is 1.19 bits per heavy atom. The van der Waals surface area contributed by atoms with E-state index in [0.717, 1.165) is 25.7 Å². The molecule has 8 nitrogen and oxygen atoms in total. The third kappa shape index (κ3) is 6.90. The lowest BCUT2D eigenvalue weighted by Crippen LogP contribution is -2.42. The molecule has 0 aromatic carbocycles. The molecular formula is C27H36FN5O3. The van der Waals surface area contributed by atoms with Gasteiger partial charge in [-0.15, -0.1) is 0 Å². The molecule has 1 aliphatic heterocycles. The zero-order chi connectivity index (χ0) is 25.4. The van der Waals surface area contributed by atoms with Crippen molar-refractivity contribution in [3.05, 3.63) is 36.4 Å². The second-order valence-electron chi connectivity index (χ2n) is 9.94. The maximum atomic E-state index is 14.8. The van der Waals surface area contributed by atoms with Crippen molar-refractivity contribution < 1.29 is 18.6 Å². The normalized spacial score (nSPS) is 22.4. The molecule has 1 saturated carbocycles. The SMILES string of the molecule is COC[C@H](C)NC1CCC(Nc2cc(-c3ccnc(OCC4(C#N)CCOCC4)c3)c(F)cn2)CC1. The predicted octanol–water partition coefficient (Wildman–Crippen LogP) is 4.33. The van der Waals surface area contributed by atoms with Crippen LogP contribution in [0.25, 0.3) is 11.1 Å². The first-order chi connectivity index (χ1) is 17.5. The van der Waals surface area contributed by atoms with Crippen molar-refractivity contribution in [3.8, 4) is 23.1 Å². The number of pyridine rings is 2. The number of hydrogen-bond donors (Lipinski definition) is 2. The Morgan fingerprint density at radius 2 is 1.94 bits per heavy atom. The van der Waals surface area contributed by atoms with Crippen LogP contribution in [0, 0.1) is 22.6 Å². The minimum atomic E-state index is -0.578. The van der Waals surface area contributed by atoms with Crippen molar-refractivity contribution >= 4 is 5.82 Å². The fraction of sp³-hybridized carbons (Fsp3) is 0.593. The Labute approximate surface area is 212 Å². The van der Waals surface area contributed by atoms with Gasteiger partial charge in [0.15, 0.2) is 0 Å². The number of halogens is 1. The zero-order valence-electron chi connectivity index (χ0n) is 21.1. The molecule has 2 aromatic rings. The van der Waals surface area contributed by atoms with Gasteiger partial charge >= 0.3 is 0 Å². The minimum absolute atomic E-state index is 0.233. The van der Waals surface area contributed by atoms with Crippen molar-refractivity contribution in [3.63, 3.8) is 0 Å². The number of ether oxygens (including phenoxy) is 3. The van der Waals surface area contributed by atoms with Crippen LogP contribution in [-0.2, 0) is 9.47 Å². The van der Waals surface area contributed by atoms with Crippen molar-refractivity contribution in [2.24, 2.45) is 5.41 Å². The van der Waals surface area contributed by atoms with Crippen LogP contribution in [-0.4, -0.2) is 61.6 Å². The lowest BCUT2D eigenvalue weighted by Gasteiger charge is -2.31. The summed E-state index contributed by atoms with van der Waals surface area (Å²) in [6, 6.07) is 8.72. The number of anilines is 1. The number of rotatable bonds is 10. The molecule has 9 heteroatoms. The molecule has 2 aromatic heterocycles. The first-order valence-electron chi connectivity index (χ1n) is 12.8. The topological polar surface area (TPSA) is 101 Å². The molecule has 0 bridgehead atoms. The van der Waals surface area contributed by atoms with Gasteiger partial charge in [-0.25, -0.2) is 14.4 Å². The van der Waals surface area contributed by atoms with Gasteiger partial charge < -0.3 is 24.8 Å². The lowest BCUT2D eigenvalue weighted by molar-refractivity contribution is 0.0183. The first-order valence-corrected chi connectivity index (χ1v) is 12.8. The fourth-order valence-corrected chi connectivity index (χ4v) is 4.97. The van der Waals surface area contributed by atoms with E-state index in [2.05, 4.69) is 33.6 Å². The second kappa shape index (κ2) is 12.4. The van der Waals surface area contributed by atoms with Crippen LogP contribution in [0.15, 0.2) is 30.6 Å². The number of methoxy groups -OCH3 is 1. The van der Waals surface area contributed by atoms with E-state index < -0.39 is 11.2 Å². The quantitative estimate of drug-likeness (QED) is 0.500. The summed E-state index contributed by atoms with van der Waals surface area (Å²) in [5.41, 5.74) is 0.510. The predicted molar refractivity (Wildman–Crippen MR) is 135 cm³/mol. The first kappa shape index (κ1) is 26.3. The van der Waals surface area contributed by atoms with Crippen LogP contribution < -0.4 is 15.4 Å². The maximum absolute atomic E-state index is 14.8. The number of hydrogen-bond acceptors (Lipinski definition) is 8. The highest BCUT2D eigenvalue weighted by Crippen LogP contribution is 2.32. The van der Waals surface area contributed by atoms with Crippen molar-refractivity contribution in [2.45, 2.75) is 63.6 Å². The van der Waals surface area contributed by atoms with Gasteiger partial charge in [0.05, 0.1) is 24.3 Å². The van der Waals surface area contributed by atoms with Gasteiger partial charge in [0.1, 0.15) is 18.2 Å². The molecule has 0 amide bonds. The molecule has 0 unspecified atom stereocenters. The highest BCUT2D eigenvalue weighted by Gasteiger charge is 2.34. The van der Waals surface area contributed by atoms with E-state index in [0.29, 0.717) is 73.6 Å². The molecule has 1 saturated heterocycles. The summed E-state index contributed by atoms with van der Waals surface area (Å²) in [4.78, 5) is 8.55. The Hall–Kier alpha value is -2.80. The molecule has 1 atom stereocenters. The van der Waals surface area contributed by atoms with Crippen LogP contribution in [0.1, 0.15) is 45.4 Å². The Balaban J connectivity index is 1.37. The largest absolute Gasteiger partial charge is 0.476 e. The number of nitriles is 1. The summed E-state index contributed by atoms with van der Waals surface area (Å²) in [7, 11) is 1.72. The minimum Gasteiger partial charge on any atom is -0.476 e. The molecule has 0 spiro atoms. The highest BCUT2D eigenvalue weighted by atomic mass is 19.1. The number of aromatic nitrogens is 2. The molecule has 4 rings (SSSR count). The summed E-state index contributed by atoms with van der Waals surface area (Å²) in [6.45, 7) is 4.17. The number of nitrogens with zero attached hydrogens (tertiary/aromatic N) is 3.